The Hall–Kier alpha value is -1.25. The number of carbonyl (C=O) groups excluding carboxylic acids is 1. The van der Waals surface area contributed by atoms with Crippen LogP contribution in [0, 0.1) is 0 Å². The molecule has 0 bridgehead atoms. The van der Waals surface area contributed by atoms with E-state index in [4.69, 9.17) is 4.74 Å². The minimum atomic E-state index is -0.666. The summed E-state index contributed by atoms with van der Waals surface area (Å²) in [5.74, 6) is -0.292. The van der Waals surface area contributed by atoms with E-state index in [-0.39, 0.29) is 5.97 Å². The van der Waals surface area contributed by atoms with Gasteiger partial charge < -0.3 is 10.1 Å². The van der Waals surface area contributed by atoms with E-state index in [1.165, 1.54) is 6.92 Å². The van der Waals surface area contributed by atoms with Crippen LogP contribution < -0.4 is 5.32 Å². The number of esters is 1. The minimum absolute atomic E-state index is 0.292. The molecule has 0 aromatic carbocycles. The Morgan fingerprint density at radius 1 is 1.55 bits per heavy atom. The Bertz CT molecular complexity index is 220. The van der Waals surface area contributed by atoms with Gasteiger partial charge in [0, 0.05) is 13.1 Å². The van der Waals surface area contributed by atoms with E-state index < -0.39 is 5.72 Å². The maximum Gasteiger partial charge on any atom is 0.304 e. The van der Waals surface area contributed by atoms with Gasteiger partial charge in [-0.25, -0.2) is 0 Å². The zero-order valence-electron chi connectivity index (χ0n) is 6.63. The monoisotopic (exact) mass is 153 g/mol. The molecule has 0 spiro atoms. The van der Waals surface area contributed by atoms with Crippen LogP contribution in [0.3, 0.4) is 0 Å². The molecule has 0 fully saturated rings. The van der Waals surface area contributed by atoms with Gasteiger partial charge in [0.05, 0.1) is 0 Å². The highest BCUT2D eigenvalue weighted by molar-refractivity contribution is 5.66. The standard InChI is InChI=1S/C8H11NO2/c1-7(10)11-8(2)5-3-4-6-9-8/h3-6,9H,1-2H3. The van der Waals surface area contributed by atoms with Crippen molar-refractivity contribution in [2.24, 2.45) is 0 Å². The van der Waals surface area contributed by atoms with E-state index in [1.54, 1.807) is 19.2 Å². The van der Waals surface area contributed by atoms with E-state index in [1.807, 2.05) is 12.2 Å². The highest BCUT2D eigenvalue weighted by atomic mass is 16.6. The molecule has 3 heteroatoms. The second-order valence-corrected chi connectivity index (χ2v) is 2.56. The zero-order valence-corrected chi connectivity index (χ0v) is 6.63. The zero-order chi connectivity index (χ0) is 8.32. The number of hydrogen-bond acceptors (Lipinski definition) is 3. The fourth-order valence-electron chi connectivity index (χ4n) is 0.918. The van der Waals surface area contributed by atoms with Crippen molar-refractivity contribution in [1.29, 1.82) is 0 Å². The summed E-state index contributed by atoms with van der Waals surface area (Å²) in [6.45, 7) is 3.17. The molecule has 0 amide bonds. The van der Waals surface area contributed by atoms with Crippen molar-refractivity contribution in [2.75, 3.05) is 0 Å². The van der Waals surface area contributed by atoms with Crippen LogP contribution >= 0.6 is 0 Å². The third-order valence-electron chi connectivity index (χ3n) is 1.35. The van der Waals surface area contributed by atoms with Crippen LogP contribution in [0.15, 0.2) is 24.4 Å². The molecule has 0 radical (unpaired) electrons. The third kappa shape index (κ3) is 2.11. The summed E-state index contributed by atoms with van der Waals surface area (Å²) >= 11 is 0. The predicted molar refractivity (Wildman–Crippen MR) is 41.6 cm³/mol. The van der Waals surface area contributed by atoms with Crippen LogP contribution in [0.25, 0.3) is 0 Å². The second-order valence-electron chi connectivity index (χ2n) is 2.56. The smallest absolute Gasteiger partial charge is 0.304 e. The van der Waals surface area contributed by atoms with Gasteiger partial charge >= 0.3 is 5.97 Å². The molecule has 1 aliphatic heterocycles. The molecule has 0 saturated carbocycles. The number of dihydropyridines is 1. The molecule has 0 aromatic rings. The van der Waals surface area contributed by atoms with E-state index in [9.17, 15) is 4.79 Å². The summed E-state index contributed by atoms with van der Waals surface area (Å²) in [5, 5.41) is 2.92. The minimum Gasteiger partial charge on any atom is -0.436 e. The van der Waals surface area contributed by atoms with E-state index in [0.717, 1.165) is 0 Å². The molecule has 3 nitrogen and oxygen atoms in total. The molecule has 60 valence electrons. The molecule has 0 aromatic heterocycles. The summed E-state index contributed by atoms with van der Waals surface area (Å²) in [5.41, 5.74) is -0.666. The molecule has 1 atom stereocenters. The van der Waals surface area contributed by atoms with Gasteiger partial charge in [-0.15, -0.1) is 0 Å². The first-order valence-corrected chi connectivity index (χ1v) is 3.44. The average Bonchev–Trinajstić information content (AvgIpc) is 1.85. The topological polar surface area (TPSA) is 38.3 Å². The van der Waals surface area contributed by atoms with Crippen molar-refractivity contribution < 1.29 is 9.53 Å². The molecule has 0 saturated heterocycles. The molecule has 1 rings (SSSR count). The lowest BCUT2D eigenvalue weighted by molar-refractivity contribution is -0.152. The second kappa shape index (κ2) is 2.78. The van der Waals surface area contributed by atoms with Crippen molar-refractivity contribution in [3.05, 3.63) is 24.4 Å². The van der Waals surface area contributed by atoms with Gasteiger partial charge in [-0.05, 0) is 19.1 Å². The van der Waals surface area contributed by atoms with Gasteiger partial charge in [0.2, 0.25) is 0 Å². The highest BCUT2D eigenvalue weighted by Crippen LogP contribution is 2.11. The predicted octanol–water partition coefficient (Wildman–Crippen LogP) is 0.939. The first kappa shape index (κ1) is 7.85. The summed E-state index contributed by atoms with van der Waals surface area (Å²) < 4.78 is 4.99. The first-order valence-electron chi connectivity index (χ1n) is 3.44. The van der Waals surface area contributed by atoms with Crippen LogP contribution in [0.5, 0.6) is 0 Å². The SMILES string of the molecule is CC(=O)OC1(C)C=CC=CN1. The van der Waals surface area contributed by atoms with Gasteiger partial charge in [0.25, 0.3) is 0 Å². The molecule has 11 heavy (non-hydrogen) atoms. The van der Waals surface area contributed by atoms with E-state index in [0.29, 0.717) is 0 Å². The van der Waals surface area contributed by atoms with E-state index >= 15 is 0 Å². The number of nitrogens with one attached hydrogen (secondary N) is 1. The maximum absolute atomic E-state index is 10.6. The van der Waals surface area contributed by atoms with Crippen molar-refractivity contribution in [2.45, 2.75) is 19.6 Å². The fourth-order valence-corrected chi connectivity index (χ4v) is 0.918. The van der Waals surface area contributed by atoms with Crippen molar-refractivity contribution in [3.63, 3.8) is 0 Å². The Morgan fingerprint density at radius 2 is 2.27 bits per heavy atom. The molecule has 1 unspecified atom stereocenters. The summed E-state index contributed by atoms with van der Waals surface area (Å²) in [4.78, 5) is 10.6. The van der Waals surface area contributed by atoms with Crippen molar-refractivity contribution >= 4 is 5.97 Å². The van der Waals surface area contributed by atoms with Crippen LogP contribution in [-0.2, 0) is 9.53 Å². The van der Waals surface area contributed by atoms with Crippen LogP contribution in [0.4, 0.5) is 0 Å². The molecular weight excluding hydrogens is 142 g/mol. The van der Waals surface area contributed by atoms with E-state index in [2.05, 4.69) is 5.32 Å². The maximum atomic E-state index is 10.6. The van der Waals surface area contributed by atoms with Crippen molar-refractivity contribution in [3.8, 4) is 0 Å². The number of ether oxygens (including phenoxy) is 1. The lowest BCUT2D eigenvalue weighted by Crippen LogP contribution is -2.42. The number of carbonyl (C=O) groups is 1. The van der Waals surface area contributed by atoms with Gasteiger partial charge in [-0.2, -0.15) is 0 Å². The van der Waals surface area contributed by atoms with Gasteiger partial charge in [0.15, 0.2) is 5.72 Å². The van der Waals surface area contributed by atoms with Crippen molar-refractivity contribution in [1.82, 2.24) is 5.32 Å². The Kier molecular flexibility index (Phi) is 1.98. The largest absolute Gasteiger partial charge is 0.436 e. The Labute approximate surface area is 65.7 Å². The average molecular weight is 153 g/mol. The van der Waals surface area contributed by atoms with Crippen LogP contribution in [-0.4, -0.2) is 11.7 Å². The highest BCUT2D eigenvalue weighted by Gasteiger charge is 2.22. The quantitative estimate of drug-likeness (QED) is 0.570. The summed E-state index contributed by atoms with van der Waals surface area (Å²) in [6.07, 6.45) is 7.20. The first-order chi connectivity index (χ1) is 5.12. The number of rotatable bonds is 1. The molecule has 1 N–H and O–H groups in total. The Morgan fingerprint density at radius 3 is 2.73 bits per heavy atom. The molecule has 1 aliphatic rings. The number of allylic oxidation sites excluding steroid dienone is 2. The van der Waals surface area contributed by atoms with Gasteiger partial charge in [-0.1, -0.05) is 6.08 Å². The normalized spacial score (nSPS) is 27.8. The fraction of sp³-hybridized carbons (Fsp3) is 0.375. The Balaban J connectivity index is 2.61. The summed E-state index contributed by atoms with van der Waals surface area (Å²) in [6, 6.07) is 0. The van der Waals surface area contributed by atoms with Gasteiger partial charge in [-0.3, -0.25) is 4.79 Å². The summed E-state index contributed by atoms with van der Waals surface area (Å²) in [7, 11) is 0. The van der Waals surface area contributed by atoms with Crippen LogP contribution in [0.2, 0.25) is 0 Å². The molecule has 0 aliphatic carbocycles. The lowest BCUT2D eigenvalue weighted by Gasteiger charge is -2.27. The third-order valence-corrected chi connectivity index (χ3v) is 1.35. The number of hydrogen-bond donors (Lipinski definition) is 1. The molecular formula is C8H11NO2. The van der Waals surface area contributed by atoms with Gasteiger partial charge in [0.1, 0.15) is 0 Å². The molecule has 1 heterocycles. The van der Waals surface area contributed by atoms with Crippen LogP contribution in [0.1, 0.15) is 13.8 Å². The lowest BCUT2D eigenvalue weighted by atomic mass is 10.2.